The van der Waals surface area contributed by atoms with Gasteiger partial charge in [0.25, 0.3) is 0 Å². The molecule has 0 saturated heterocycles. The number of rotatable bonds is 3. The summed E-state index contributed by atoms with van der Waals surface area (Å²) >= 11 is 0. The van der Waals surface area contributed by atoms with Crippen molar-refractivity contribution in [2.75, 3.05) is 0 Å². The molecule has 3 rings (SSSR count). The van der Waals surface area contributed by atoms with Crippen molar-refractivity contribution in [1.29, 1.82) is 0 Å². The third-order valence-electron chi connectivity index (χ3n) is 3.81. The molecule has 0 spiro atoms. The van der Waals surface area contributed by atoms with Gasteiger partial charge in [0.05, 0.1) is 5.60 Å². The van der Waals surface area contributed by atoms with Gasteiger partial charge in [0.15, 0.2) is 0 Å². The molecule has 0 bridgehead atoms. The SMILES string of the molecule is CC(O)(Cc1cccc2ccccc12)c1ccccc1. The highest BCUT2D eigenvalue weighted by atomic mass is 16.3. The summed E-state index contributed by atoms with van der Waals surface area (Å²) in [5, 5.41) is 13.2. The van der Waals surface area contributed by atoms with Gasteiger partial charge in [0.2, 0.25) is 0 Å². The van der Waals surface area contributed by atoms with Crippen LogP contribution in [0.5, 0.6) is 0 Å². The molecule has 0 aliphatic heterocycles. The molecular weight excluding hydrogens is 244 g/mol. The fourth-order valence-corrected chi connectivity index (χ4v) is 2.72. The zero-order valence-electron chi connectivity index (χ0n) is 11.6. The predicted octanol–water partition coefficient (Wildman–Crippen LogP) is 4.29. The average Bonchev–Trinajstić information content (AvgIpc) is 2.48. The van der Waals surface area contributed by atoms with Gasteiger partial charge in [-0.15, -0.1) is 0 Å². The first-order valence-electron chi connectivity index (χ1n) is 6.91. The molecule has 0 radical (unpaired) electrons. The first-order chi connectivity index (χ1) is 9.67. The summed E-state index contributed by atoms with van der Waals surface area (Å²) < 4.78 is 0. The lowest BCUT2D eigenvalue weighted by Crippen LogP contribution is -2.24. The largest absolute Gasteiger partial charge is 0.385 e. The summed E-state index contributed by atoms with van der Waals surface area (Å²) in [6.45, 7) is 1.88. The summed E-state index contributed by atoms with van der Waals surface area (Å²) in [5.74, 6) is 0. The van der Waals surface area contributed by atoms with Crippen LogP contribution in [-0.2, 0) is 12.0 Å². The topological polar surface area (TPSA) is 20.2 Å². The van der Waals surface area contributed by atoms with Crippen LogP contribution in [0.4, 0.5) is 0 Å². The quantitative estimate of drug-likeness (QED) is 0.746. The van der Waals surface area contributed by atoms with Gasteiger partial charge in [0, 0.05) is 6.42 Å². The van der Waals surface area contributed by atoms with Crippen LogP contribution >= 0.6 is 0 Å². The monoisotopic (exact) mass is 262 g/mol. The lowest BCUT2D eigenvalue weighted by atomic mass is 9.87. The Balaban J connectivity index is 2.01. The van der Waals surface area contributed by atoms with Crippen LogP contribution in [0.3, 0.4) is 0 Å². The molecular formula is C19H18O. The Bertz CT molecular complexity index is 709. The van der Waals surface area contributed by atoms with Crippen LogP contribution in [0.1, 0.15) is 18.1 Å². The minimum absolute atomic E-state index is 0.609. The Labute approximate surface area is 119 Å². The molecule has 1 heteroatoms. The van der Waals surface area contributed by atoms with E-state index in [1.807, 2.05) is 49.4 Å². The molecule has 0 fully saturated rings. The van der Waals surface area contributed by atoms with Crippen LogP contribution in [-0.4, -0.2) is 5.11 Å². The molecule has 0 saturated carbocycles. The number of benzene rings is 3. The van der Waals surface area contributed by atoms with Gasteiger partial charge in [-0.05, 0) is 28.8 Å². The van der Waals surface area contributed by atoms with Crippen molar-refractivity contribution in [1.82, 2.24) is 0 Å². The second-order valence-corrected chi connectivity index (χ2v) is 5.45. The fourth-order valence-electron chi connectivity index (χ4n) is 2.72. The molecule has 0 heterocycles. The fraction of sp³-hybridized carbons (Fsp3) is 0.158. The Morgan fingerprint density at radius 3 is 2.25 bits per heavy atom. The Morgan fingerprint density at radius 2 is 1.45 bits per heavy atom. The molecule has 3 aromatic carbocycles. The first kappa shape index (κ1) is 12.9. The van der Waals surface area contributed by atoms with Gasteiger partial charge in [-0.2, -0.15) is 0 Å². The highest BCUT2D eigenvalue weighted by Gasteiger charge is 2.23. The van der Waals surface area contributed by atoms with Crippen LogP contribution in [0.2, 0.25) is 0 Å². The summed E-state index contributed by atoms with van der Waals surface area (Å²) in [6.07, 6.45) is 0.609. The summed E-state index contributed by atoms with van der Waals surface area (Å²) in [6, 6.07) is 24.4. The first-order valence-corrected chi connectivity index (χ1v) is 6.91. The maximum Gasteiger partial charge on any atom is 0.0908 e. The van der Waals surface area contributed by atoms with E-state index in [-0.39, 0.29) is 0 Å². The van der Waals surface area contributed by atoms with Crippen molar-refractivity contribution >= 4 is 10.8 Å². The van der Waals surface area contributed by atoms with Crippen LogP contribution in [0.25, 0.3) is 10.8 Å². The van der Waals surface area contributed by atoms with Gasteiger partial charge < -0.3 is 5.11 Å². The molecule has 0 aliphatic rings. The standard InChI is InChI=1S/C19H18O/c1-19(20,17-11-3-2-4-12-17)14-16-10-7-9-15-8-5-6-13-18(15)16/h2-13,20H,14H2,1H3. The van der Waals surface area contributed by atoms with Gasteiger partial charge in [-0.3, -0.25) is 0 Å². The van der Waals surface area contributed by atoms with E-state index in [1.165, 1.54) is 16.3 Å². The van der Waals surface area contributed by atoms with Crippen molar-refractivity contribution < 1.29 is 5.11 Å². The Kier molecular flexibility index (Phi) is 3.29. The van der Waals surface area contributed by atoms with Crippen LogP contribution in [0.15, 0.2) is 72.8 Å². The molecule has 1 unspecified atom stereocenters. The maximum atomic E-state index is 10.8. The smallest absolute Gasteiger partial charge is 0.0908 e. The Hall–Kier alpha value is -2.12. The third kappa shape index (κ3) is 2.45. The number of fused-ring (bicyclic) bond motifs is 1. The predicted molar refractivity (Wildman–Crippen MR) is 83.7 cm³/mol. The van der Waals surface area contributed by atoms with Gasteiger partial charge in [-0.1, -0.05) is 72.8 Å². The molecule has 3 aromatic rings. The summed E-state index contributed by atoms with van der Waals surface area (Å²) in [5.41, 5.74) is 1.27. The normalized spacial score (nSPS) is 14.1. The van der Waals surface area contributed by atoms with Crippen molar-refractivity contribution in [2.45, 2.75) is 18.9 Å². The van der Waals surface area contributed by atoms with Crippen molar-refractivity contribution in [2.24, 2.45) is 0 Å². The van der Waals surface area contributed by atoms with E-state index in [0.29, 0.717) is 6.42 Å². The third-order valence-corrected chi connectivity index (χ3v) is 3.81. The second-order valence-electron chi connectivity index (χ2n) is 5.45. The molecule has 1 nitrogen and oxygen atoms in total. The zero-order valence-corrected chi connectivity index (χ0v) is 11.6. The van der Waals surface area contributed by atoms with E-state index >= 15 is 0 Å². The molecule has 0 aliphatic carbocycles. The van der Waals surface area contributed by atoms with Crippen LogP contribution < -0.4 is 0 Å². The number of aliphatic hydroxyl groups is 1. The van der Waals surface area contributed by atoms with E-state index < -0.39 is 5.60 Å². The van der Waals surface area contributed by atoms with E-state index in [0.717, 1.165) is 5.56 Å². The van der Waals surface area contributed by atoms with Gasteiger partial charge in [0.1, 0.15) is 0 Å². The van der Waals surface area contributed by atoms with E-state index in [2.05, 4.69) is 30.3 Å². The van der Waals surface area contributed by atoms with Crippen LogP contribution in [0, 0.1) is 0 Å². The van der Waals surface area contributed by atoms with E-state index in [1.54, 1.807) is 0 Å². The number of hydrogen-bond acceptors (Lipinski definition) is 1. The zero-order chi connectivity index (χ0) is 14.0. The maximum absolute atomic E-state index is 10.8. The minimum Gasteiger partial charge on any atom is -0.385 e. The van der Waals surface area contributed by atoms with Crippen molar-refractivity contribution in [3.63, 3.8) is 0 Å². The minimum atomic E-state index is -0.856. The lowest BCUT2D eigenvalue weighted by molar-refractivity contribution is 0.0580. The lowest BCUT2D eigenvalue weighted by Gasteiger charge is -2.24. The molecule has 100 valence electrons. The van der Waals surface area contributed by atoms with E-state index in [9.17, 15) is 5.11 Å². The van der Waals surface area contributed by atoms with Gasteiger partial charge in [-0.25, -0.2) is 0 Å². The molecule has 20 heavy (non-hydrogen) atoms. The Morgan fingerprint density at radius 1 is 0.800 bits per heavy atom. The highest BCUT2D eigenvalue weighted by molar-refractivity contribution is 5.85. The number of hydrogen-bond donors (Lipinski definition) is 1. The molecule has 0 aromatic heterocycles. The second kappa shape index (κ2) is 5.10. The highest BCUT2D eigenvalue weighted by Crippen LogP contribution is 2.28. The van der Waals surface area contributed by atoms with Crippen molar-refractivity contribution in [3.8, 4) is 0 Å². The average molecular weight is 262 g/mol. The molecule has 1 N–H and O–H groups in total. The van der Waals surface area contributed by atoms with E-state index in [4.69, 9.17) is 0 Å². The van der Waals surface area contributed by atoms with Gasteiger partial charge >= 0.3 is 0 Å². The molecule has 1 atom stereocenters. The summed E-state index contributed by atoms with van der Waals surface area (Å²) in [4.78, 5) is 0. The summed E-state index contributed by atoms with van der Waals surface area (Å²) in [7, 11) is 0. The molecule has 0 amide bonds. The van der Waals surface area contributed by atoms with Crippen molar-refractivity contribution in [3.05, 3.63) is 83.9 Å².